The summed E-state index contributed by atoms with van der Waals surface area (Å²) in [6.45, 7) is 22.0. The minimum Gasteiger partial charge on any atom is -0.388 e. The fraction of sp³-hybridized carbons (Fsp3) is 1.00. The first-order valence-electron chi connectivity index (χ1n) is 7.05. The number of hydrogen-bond acceptors (Lipinski definition) is 1. The molecule has 0 aliphatic carbocycles. The van der Waals surface area contributed by atoms with Crippen molar-refractivity contribution in [2.24, 2.45) is 0 Å². The van der Waals surface area contributed by atoms with Crippen LogP contribution in [0, 0.1) is 0 Å². The van der Waals surface area contributed by atoms with Crippen LogP contribution in [0.1, 0.15) is 41.5 Å². The van der Waals surface area contributed by atoms with E-state index in [1.54, 1.807) is 0 Å². The van der Waals surface area contributed by atoms with Crippen LogP contribution in [-0.4, -0.2) is 28.6 Å². The first-order chi connectivity index (χ1) is 7.52. The van der Waals surface area contributed by atoms with Crippen LogP contribution in [0.15, 0.2) is 0 Å². The highest BCUT2D eigenvalue weighted by atomic mass is 28.4. The average Bonchev–Trinajstić information content (AvgIpc) is 2.09. The SMILES string of the molecule is COC([Si](C)(C)C)[Si](C(C)C)(C(C)C)C(C)C. The van der Waals surface area contributed by atoms with Crippen LogP contribution in [0.4, 0.5) is 0 Å². The van der Waals surface area contributed by atoms with Crippen molar-refractivity contribution in [3.05, 3.63) is 0 Å². The molecule has 0 fully saturated rings. The van der Waals surface area contributed by atoms with Crippen molar-refractivity contribution >= 4 is 16.1 Å². The van der Waals surface area contributed by atoms with E-state index >= 15 is 0 Å². The van der Waals surface area contributed by atoms with Gasteiger partial charge < -0.3 is 4.74 Å². The summed E-state index contributed by atoms with van der Waals surface area (Å²) in [5.74, 6) is 0. The number of ether oxygens (including phenoxy) is 1. The summed E-state index contributed by atoms with van der Waals surface area (Å²) in [7, 11) is -0.782. The molecule has 0 aromatic heterocycles. The molecule has 104 valence electrons. The van der Waals surface area contributed by atoms with E-state index in [1.807, 2.05) is 7.11 Å². The van der Waals surface area contributed by atoms with Crippen LogP contribution in [-0.2, 0) is 4.74 Å². The van der Waals surface area contributed by atoms with Crippen molar-refractivity contribution < 1.29 is 4.74 Å². The van der Waals surface area contributed by atoms with Gasteiger partial charge in [-0.25, -0.2) is 0 Å². The minimum atomic E-state index is -1.45. The lowest BCUT2D eigenvalue weighted by atomic mass is 10.5. The van der Waals surface area contributed by atoms with E-state index in [9.17, 15) is 0 Å². The topological polar surface area (TPSA) is 9.23 Å². The van der Waals surface area contributed by atoms with Gasteiger partial charge >= 0.3 is 0 Å². The highest BCUT2D eigenvalue weighted by Crippen LogP contribution is 2.46. The molecule has 17 heavy (non-hydrogen) atoms. The number of methoxy groups -OCH3 is 1. The first-order valence-corrected chi connectivity index (χ1v) is 12.9. The molecule has 0 saturated heterocycles. The van der Waals surface area contributed by atoms with Crippen LogP contribution >= 0.6 is 0 Å². The van der Waals surface area contributed by atoms with Crippen LogP contribution < -0.4 is 0 Å². The summed E-state index contributed by atoms with van der Waals surface area (Å²) in [6.07, 6.45) is 0. The molecule has 0 spiro atoms. The second kappa shape index (κ2) is 6.02. The lowest BCUT2D eigenvalue weighted by Gasteiger charge is -2.52. The Bertz CT molecular complexity index is 207. The molecule has 0 saturated carbocycles. The molecule has 0 radical (unpaired) electrons. The lowest BCUT2D eigenvalue weighted by Crippen LogP contribution is -2.64. The molecule has 0 heterocycles. The van der Waals surface area contributed by atoms with Gasteiger partial charge in [-0.1, -0.05) is 61.2 Å². The maximum Gasteiger partial charge on any atom is 0.0911 e. The summed E-state index contributed by atoms with van der Waals surface area (Å²) >= 11 is 0. The van der Waals surface area contributed by atoms with E-state index in [2.05, 4.69) is 61.2 Å². The molecule has 1 nitrogen and oxygen atoms in total. The van der Waals surface area contributed by atoms with Crippen molar-refractivity contribution in [2.45, 2.75) is 83.2 Å². The summed E-state index contributed by atoms with van der Waals surface area (Å²) in [4.78, 5) is 0. The Morgan fingerprint density at radius 3 is 1.06 bits per heavy atom. The van der Waals surface area contributed by atoms with Gasteiger partial charge in [0.15, 0.2) is 0 Å². The van der Waals surface area contributed by atoms with Crippen LogP contribution in [0.5, 0.6) is 0 Å². The van der Waals surface area contributed by atoms with Crippen LogP contribution in [0.2, 0.25) is 36.3 Å². The van der Waals surface area contributed by atoms with Crippen LogP contribution in [0.25, 0.3) is 0 Å². The third-order valence-electron chi connectivity index (χ3n) is 4.48. The smallest absolute Gasteiger partial charge is 0.0911 e. The van der Waals surface area contributed by atoms with Crippen molar-refractivity contribution in [3.63, 3.8) is 0 Å². The number of rotatable bonds is 6. The van der Waals surface area contributed by atoms with E-state index in [1.165, 1.54) is 0 Å². The third-order valence-corrected chi connectivity index (χ3v) is 17.5. The molecule has 1 unspecified atom stereocenters. The van der Waals surface area contributed by atoms with Gasteiger partial charge in [0.25, 0.3) is 0 Å². The molecule has 0 N–H and O–H groups in total. The predicted molar refractivity (Wildman–Crippen MR) is 85.2 cm³/mol. The van der Waals surface area contributed by atoms with Gasteiger partial charge in [-0.15, -0.1) is 0 Å². The van der Waals surface area contributed by atoms with Gasteiger partial charge in [-0.2, -0.15) is 0 Å². The quantitative estimate of drug-likeness (QED) is 0.613. The molecule has 0 bridgehead atoms. The van der Waals surface area contributed by atoms with Crippen LogP contribution in [0.3, 0.4) is 0 Å². The molecule has 0 amide bonds. The molecule has 0 aliphatic heterocycles. The zero-order valence-electron chi connectivity index (χ0n) is 13.7. The minimum absolute atomic E-state index is 0.565. The molecule has 0 rings (SSSR count). The van der Waals surface area contributed by atoms with Crippen molar-refractivity contribution in [3.8, 4) is 0 Å². The maximum absolute atomic E-state index is 6.09. The zero-order chi connectivity index (χ0) is 14.0. The summed E-state index contributed by atoms with van der Waals surface area (Å²) in [5.41, 5.74) is 2.37. The first kappa shape index (κ1) is 17.4. The third kappa shape index (κ3) is 3.24. The Kier molecular flexibility index (Phi) is 6.16. The number of hydrogen-bond donors (Lipinski definition) is 0. The van der Waals surface area contributed by atoms with E-state index in [-0.39, 0.29) is 0 Å². The lowest BCUT2D eigenvalue weighted by molar-refractivity contribution is 0.201. The van der Waals surface area contributed by atoms with Gasteiger partial charge in [0.2, 0.25) is 0 Å². The van der Waals surface area contributed by atoms with Crippen molar-refractivity contribution in [1.82, 2.24) is 0 Å². The highest BCUT2D eigenvalue weighted by Gasteiger charge is 2.53. The van der Waals surface area contributed by atoms with E-state index in [4.69, 9.17) is 4.74 Å². The largest absolute Gasteiger partial charge is 0.388 e. The summed E-state index contributed by atoms with van der Waals surface area (Å²) in [6, 6.07) is 0. The van der Waals surface area contributed by atoms with Gasteiger partial charge in [0.05, 0.1) is 16.1 Å². The highest BCUT2D eigenvalue weighted by molar-refractivity contribution is 6.99. The summed E-state index contributed by atoms with van der Waals surface area (Å²) < 4.78 is 6.09. The second-order valence-corrected chi connectivity index (χ2v) is 19.3. The van der Waals surface area contributed by atoms with Gasteiger partial charge in [0.1, 0.15) is 0 Å². The Labute approximate surface area is 111 Å². The Morgan fingerprint density at radius 1 is 0.706 bits per heavy atom. The Hall–Kier alpha value is 0.394. The fourth-order valence-corrected chi connectivity index (χ4v) is 20.1. The van der Waals surface area contributed by atoms with Crippen molar-refractivity contribution in [2.75, 3.05) is 7.11 Å². The fourth-order valence-electron chi connectivity index (χ4n) is 4.22. The Balaban J connectivity index is 5.73. The molecular weight excluding hydrogens is 240 g/mol. The van der Waals surface area contributed by atoms with Crippen molar-refractivity contribution in [1.29, 1.82) is 0 Å². The molecule has 0 aromatic carbocycles. The van der Waals surface area contributed by atoms with Gasteiger partial charge in [0, 0.05) is 12.5 Å². The molecule has 1 atom stereocenters. The molecule has 3 heteroatoms. The van der Waals surface area contributed by atoms with E-state index < -0.39 is 16.1 Å². The van der Waals surface area contributed by atoms with E-state index in [0.29, 0.717) is 5.35 Å². The zero-order valence-corrected chi connectivity index (χ0v) is 15.7. The summed E-state index contributed by atoms with van der Waals surface area (Å²) in [5, 5.41) is 0.565. The monoisotopic (exact) mass is 274 g/mol. The normalized spacial score (nSPS) is 16.1. The average molecular weight is 275 g/mol. The Morgan fingerprint density at radius 2 is 1.00 bits per heavy atom. The van der Waals surface area contributed by atoms with E-state index in [0.717, 1.165) is 16.6 Å². The predicted octanol–water partition coefficient (Wildman–Crippen LogP) is 5.10. The molecule has 0 aliphatic rings. The second-order valence-electron chi connectivity index (χ2n) is 7.45. The standard InChI is InChI=1S/C14H34OSi2/c1-11(2)17(12(3)4,13(5)6)14(15-7)16(8,9)10/h11-14H,1-10H3. The van der Waals surface area contributed by atoms with Gasteiger partial charge in [-0.3, -0.25) is 0 Å². The maximum atomic E-state index is 6.09. The molecular formula is C14H34OSi2. The van der Waals surface area contributed by atoms with Gasteiger partial charge in [-0.05, 0) is 16.6 Å². The molecule has 0 aromatic rings.